The molecule has 0 atom stereocenters. The van der Waals surface area contributed by atoms with E-state index in [9.17, 15) is 20.1 Å². The van der Waals surface area contributed by atoms with Gasteiger partial charge in [-0.3, -0.25) is 4.79 Å². The Labute approximate surface area is 139 Å². The van der Waals surface area contributed by atoms with Crippen LogP contribution in [0.3, 0.4) is 0 Å². The average Bonchev–Trinajstić information content (AvgIpc) is 2.58. The average molecular weight is 332 g/mol. The van der Waals surface area contributed by atoms with E-state index in [4.69, 9.17) is 9.47 Å². The monoisotopic (exact) mass is 332 g/mol. The number of hydrogen-bond acceptors (Lipinski definition) is 6. The van der Waals surface area contributed by atoms with E-state index < -0.39 is 17.2 Å². The second-order valence-electron chi connectivity index (χ2n) is 5.33. The summed E-state index contributed by atoms with van der Waals surface area (Å²) in [5.41, 5.74) is 1.17. The molecule has 0 spiro atoms. The highest BCUT2D eigenvalue weighted by Crippen LogP contribution is 2.35. The number of methoxy groups -OCH3 is 2. The molecule has 0 unspecified atom stereocenters. The van der Waals surface area contributed by atoms with Gasteiger partial charge in [-0.25, -0.2) is 0 Å². The summed E-state index contributed by atoms with van der Waals surface area (Å²) in [5, 5.41) is 28.2. The van der Waals surface area contributed by atoms with Gasteiger partial charge < -0.3 is 24.8 Å². The fourth-order valence-corrected chi connectivity index (χ4v) is 2.40. The lowest BCUT2D eigenvalue weighted by Crippen LogP contribution is -2.00. The van der Waals surface area contributed by atoms with Crippen LogP contribution in [0, 0.1) is 0 Å². The number of ketones is 1. The van der Waals surface area contributed by atoms with Crippen LogP contribution in [0.1, 0.15) is 28.8 Å². The van der Waals surface area contributed by atoms with E-state index in [1.165, 1.54) is 0 Å². The van der Waals surface area contributed by atoms with E-state index in [1.54, 1.807) is 14.2 Å². The van der Waals surface area contributed by atoms with Crippen molar-refractivity contribution < 1.29 is 29.6 Å². The number of phenols is 3. The Morgan fingerprint density at radius 1 is 0.958 bits per heavy atom. The summed E-state index contributed by atoms with van der Waals surface area (Å²) in [6.45, 7) is 0. The number of rotatable bonds is 7. The molecule has 0 bridgehead atoms. The van der Waals surface area contributed by atoms with E-state index in [0.29, 0.717) is 24.3 Å². The van der Waals surface area contributed by atoms with E-state index in [1.807, 2.05) is 18.2 Å². The largest absolute Gasteiger partial charge is 0.504 e. The molecule has 2 aromatic rings. The summed E-state index contributed by atoms with van der Waals surface area (Å²) in [5.74, 6) is -0.600. The number of carbonyl (C=O) groups excluding carboxylic acids is 1. The van der Waals surface area contributed by atoms with Crippen molar-refractivity contribution in [2.75, 3.05) is 14.2 Å². The van der Waals surface area contributed by atoms with Crippen molar-refractivity contribution in [2.24, 2.45) is 0 Å². The lowest BCUT2D eigenvalue weighted by molar-refractivity contribution is 0.0979. The third-order valence-corrected chi connectivity index (χ3v) is 3.71. The molecule has 0 saturated heterocycles. The van der Waals surface area contributed by atoms with Gasteiger partial charge in [0, 0.05) is 12.0 Å². The third-order valence-electron chi connectivity index (χ3n) is 3.71. The van der Waals surface area contributed by atoms with Gasteiger partial charge in [-0.2, -0.15) is 0 Å². The first-order chi connectivity index (χ1) is 11.5. The van der Waals surface area contributed by atoms with Crippen molar-refractivity contribution in [3.05, 3.63) is 41.5 Å². The van der Waals surface area contributed by atoms with Crippen molar-refractivity contribution >= 4 is 5.78 Å². The number of hydrogen-bond donors (Lipinski definition) is 3. The van der Waals surface area contributed by atoms with Crippen molar-refractivity contribution in [1.29, 1.82) is 0 Å². The Kier molecular flexibility index (Phi) is 5.52. The molecule has 0 aliphatic carbocycles. The number of ether oxygens (including phenoxy) is 2. The zero-order chi connectivity index (χ0) is 17.7. The topological polar surface area (TPSA) is 96.2 Å². The third kappa shape index (κ3) is 3.90. The van der Waals surface area contributed by atoms with Crippen molar-refractivity contribution in [2.45, 2.75) is 19.3 Å². The Morgan fingerprint density at radius 3 is 2.17 bits per heavy atom. The van der Waals surface area contributed by atoms with E-state index in [2.05, 4.69) is 0 Å². The molecule has 0 aliphatic heterocycles. The van der Waals surface area contributed by atoms with Crippen LogP contribution in [0.5, 0.6) is 28.7 Å². The highest BCUT2D eigenvalue weighted by molar-refractivity contribution is 5.97. The molecule has 0 amide bonds. The van der Waals surface area contributed by atoms with Gasteiger partial charge >= 0.3 is 0 Å². The number of aryl methyl sites for hydroxylation is 1. The van der Waals surface area contributed by atoms with Crippen molar-refractivity contribution in [3.8, 4) is 28.7 Å². The summed E-state index contributed by atoms with van der Waals surface area (Å²) in [6, 6.07) is 7.87. The molecule has 0 fully saturated rings. The van der Waals surface area contributed by atoms with Crippen LogP contribution in [0.25, 0.3) is 0 Å². The Bertz CT molecular complexity index is 715. The molecule has 2 rings (SSSR count). The van der Waals surface area contributed by atoms with Crippen LogP contribution in [-0.2, 0) is 6.42 Å². The number of benzene rings is 2. The van der Waals surface area contributed by atoms with Gasteiger partial charge in [-0.05, 0) is 42.7 Å². The summed E-state index contributed by atoms with van der Waals surface area (Å²) < 4.78 is 10.4. The summed E-state index contributed by atoms with van der Waals surface area (Å²) >= 11 is 0. The number of carbonyl (C=O) groups is 1. The van der Waals surface area contributed by atoms with E-state index >= 15 is 0 Å². The number of phenolic OH excluding ortho intramolecular Hbond substituents is 3. The zero-order valence-electron chi connectivity index (χ0n) is 13.6. The van der Waals surface area contributed by atoms with Gasteiger partial charge in [0.1, 0.15) is 0 Å². The minimum Gasteiger partial charge on any atom is -0.504 e. The molecule has 2 aromatic carbocycles. The minimum atomic E-state index is -0.628. The number of Topliss-reactive ketones (excluding diaryl/α,β-unsaturated/α-hetero) is 1. The standard InChI is InChI=1S/C18H20O6/c1-23-16-7-6-11(8-17(16)24-2)4-3-5-13(19)12-9-14(20)18(22)15(21)10-12/h6-10,20-22H,3-5H2,1-2H3. The summed E-state index contributed by atoms with van der Waals surface area (Å²) in [4.78, 5) is 12.1. The fourth-order valence-electron chi connectivity index (χ4n) is 2.40. The Balaban J connectivity index is 1.98. The first-order valence-corrected chi connectivity index (χ1v) is 7.45. The molecule has 6 heteroatoms. The Morgan fingerprint density at radius 2 is 1.58 bits per heavy atom. The van der Waals surface area contributed by atoms with Gasteiger partial charge in [-0.1, -0.05) is 6.07 Å². The fraction of sp³-hybridized carbons (Fsp3) is 0.278. The predicted octanol–water partition coefficient (Wildman–Crippen LogP) is 3.03. The van der Waals surface area contributed by atoms with Crippen LogP contribution in [0.4, 0.5) is 0 Å². The van der Waals surface area contributed by atoms with Gasteiger partial charge in [0.25, 0.3) is 0 Å². The molecule has 6 nitrogen and oxygen atoms in total. The van der Waals surface area contributed by atoms with Crippen LogP contribution in [0.15, 0.2) is 30.3 Å². The maximum absolute atomic E-state index is 12.1. The maximum Gasteiger partial charge on any atom is 0.200 e. The van der Waals surface area contributed by atoms with Gasteiger partial charge in [0.05, 0.1) is 14.2 Å². The van der Waals surface area contributed by atoms with Crippen LogP contribution >= 0.6 is 0 Å². The van der Waals surface area contributed by atoms with Crippen LogP contribution in [-0.4, -0.2) is 35.3 Å². The highest BCUT2D eigenvalue weighted by atomic mass is 16.5. The summed E-state index contributed by atoms with van der Waals surface area (Å²) in [7, 11) is 3.13. The molecule has 0 radical (unpaired) electrons. The quantitative estimate of drug-likeness (QED) is 0.533. The Hall–Kier alpha value is -2.89. The maximum atomic E-state index is 12.1. The molecule has 0 heterocycles. The van der Waals surface area contributed by atoms with Gasteiger partial charge in [0.2, 0.25) is 0 Å². The molecule has 0 aromatic heterocycles. The lowest BCUT2D eigenvalue weighted by atomic mass is 10.0. The molecular formula is C18H20O6. The molecule has 0 saturated carbocycles. The molecule has 128 valence electrons. The lowest BCUT2D eigenvalue weighted by Gasteiger charge is -2.09. The van der Waals surface area contributed by atoms with Crippen LogP contribution in [0.2, 0.25) is 0 Å². The first kappa shape index (κ1) is 17.5. The van der Waals surface area contributed by atoms with Gasteiger partial charge in [-0.15, -0.1) is 0 Å². The molecule has 24 heavy (non-hydrogen) atoms. The van der Waals surface area contributed by atoms with Crippen molar-refractivity contribution in [1.82, 2.24) is 0 Å². The van der Waals surface area contributed by atoms with Crippen LogP contribution < -0.4 is 9.47 Å². The molecule has 3 N–H and O–H groups in total. The summed E-state index contributed by atoms with van der Waals surface area (Å²) in [6.07, 6.45) is 1.51. The normalized spacial score (nSPS) is 10.4. The second-order valence-corrected chi connectivity index (χ2v) is 5.33. The molecule has 0 aliphatic rings. The highest BCUT2D eigenvalue weighted by Gasteiger charge is 2.13. The first-order valence-electron chi connectivity index (χ1n) is 7.45. The van der Waals surface area contributed by atoms with E-state index in [-0.39, 0.29) is 17.8 Å². The smallest absolute Gasteiger partial charge is 0.200 e. The van der Waals surface area contributed by atoms with Gasteiger partial charge in [0.15, 0.2) is 34.5 Å². The zero-order valence-corrected chi connectivity index (χ0v) is 13.6. The minimum absolute atomic E-state index is 0.162. The van der Waals surface area contributed by atoms with Crippen molar-refractivity contribution in [3.63, 3.8) is 0 Å². The molecular weight excluding hydrogens is 312 g/mol. The predicted molar refractivity (Wildman–Crippen MR) is 88.3 cm³/mol. The number of aromatic hydroxyl groups is 3. The van der Waals surface area contributed by atoms with E-state index in [0.717, 1.165) is 17.7 Å². The SMILES string of the molecule is COc1ccc(CCCC(=O)c2cc(O)c(O)c(O)c2)cc1OC. The second kappa shape index (κ2) is 7.59.